The Morgan fingerprint density at radius 1 is 0.963 bits per heavy atom. The number of aromatic carboxylic acids is 1. The largest absolute Gasteiger partial charge is 0.478 e. The summed E-state index contributed by atoms with van der Waals surface area (Å²) in [5.74, 6) is -0.985. The van der Waals surface area contributed by atoms with Crippen molar-refractivity contribution in [2.45, 2.75) is 57.0 Å². The van der Waals surface area contributed by atoms with Crippen LogP contribution in [0.15, 0.2) is 55.1 Å². The van der Waals surface area contributed by atoms with Crippen LogP contribution in [0, 0.1) is 0 Å². The second-order valence-electron chi connectivity index (χ2n) is 8.88. The monoisotopic (exact) mass is 364 g/mol. The van der Waals surface area contributed by atoms with Gasteiger partial charge in [0.2, 0.25) is 0 Å². The maximum atomic E-state index is 11.4. The lowest BCUT2D eigenvalue weighted by Crippen LogP contribution is -2.35. The molecule has 142 valence electrons. The molecule has 2 aromatic rings. The molecule has 1 aliphatic carbocycles. The average Bonchev–Trinajstić information content (AvgIpc) is 2.64. The molecule has 0 saturated carbocycles. The van der Waals surface area contributed by atoms with Gasteiger partial charge >= 0.3 is 5.97 Å². The van der Waals surface area contributed by atoms with E-state index in [9.17, 15) is 9.90 Å². The van der Waals surface area contributed by atoms with Crippen molar-refractivity contribution in [1.29, 1.82) is 0 Å². The molecule has 0 amide bonds. The molecule has 1 aliphatic rings. The highest BCUT2D eigenvalue weighted by atomic mass is 16.4. The highest BCUT2D eigenvalue weighted by Crippen LogP contribution is 2.47. The topological polar surface area (TPSA) is 57.5 Å². The van der Waals surface area contributed by atoms with Gasteiger partial charge in [-0.1, -0.05) is 70.7 Å². The van der Waals surface area contributed by atoms with E-state index in [0.717, 1.165) is 18.4 Å². The fourth-order valence-corrected chi connectivity index (χ4v) is 4.10. The molecule has 3 heteroatoms. The summed E-state index contributed by atoms with van der Waals surface area (Å²) in [5, 5.41) is 20.5. The fourth-order valence-electron chi connectivity index (χ4n) is 4.10. The van der Waals surface area contributed by atoms with Crippen LogP contribution in [-0.4, -0.2) is 16.2 Å². The summed E-state index contributed by atoms with van der Waals surface area (Å²) in [6.45, 7) is 12.9. The summed E-state index contributed by atoms with van der Waals surface area (Å²) in [6.07, 6.45) is 3.75. The second kappa shape index (κ2) is 6.35. The van der Waals surface area contributed by atoms with Gasteiger partial charge in [-0.25, -0.2) is 4.79 Å². The molecule has 3 nitrogen and oxygen atoms in total. The van der Waals surface area contributed by atoms with Crippen LogP contribution in [0.5, 0.6) is 0 Å². The number of aliphatic hydroxyl groups is 1. The molecule has 0 aromatic heterocycles. The molecule has 0 bridgehead atoms. The highest BCUT2D eigenvalue weighted by Gasteiger charge is 2.38. The molecule has 0 saturated heterocycles. The van der Waals surface area contributed by atoms with Gasteiger partial charge in [-0.15, -0.1) is 0 Å². The summed E-state index contributed by atoms with van der Waals surface area (Å²) >= 11 is 0. The third-order valence-electron chi connectivity index (χ3n) is 6.16. The Balaban J connectivity index is 2.13. The van der Waals surface area contributed by atoms with E-state index in [1.807, 2.05) is 6.07 Å². The highest BCUT2D eigenvalue weighted by molar-refractivity contribution is 5.87. The zero-order valence-corrected chi connectivity index (χ0v) is 16.5. The zero-order chi connectivity index (χ0) is 20.0. The molecule has 0 radical (unpaired) electrons. The van der Waals surface area contributed by atoms with Crippen molar-refractivity contribution >= 4 is 5.97 Å². The number of benzene rings is 2. The van der Waals surface area contributed by atoms with Crippen molar-refractivity contribution in [3.8, 4) is 0 Å². The number of rotatable bonds is 4. The molecule has 1 atom stereocenters. The Kier molecular flexibility index (Phi) is 4.55. The standard InChI is InChI=1S/C24H28O3/c1-6-24(27,17-9-7-16(8-10-17)21(25)26)18-11-12-19-20(15-18)23(4,5)14-13-22(19,2)3/h6-12,15,27H,1,13-14H2,2-5H3,(H,25,26). The predicted octanol–water partition coefficient (Wildman–Crippen LogP) is 5.16. The summed E-state index contributed by atoms with van der Waals surface area (Å²) in [7, 11) is 0. The van der Waals surface area contributed by atoms with Gasteiger partial charge in [-0.05, 0) is 58.1 Å². The van der Waals surface area contributed by atoms with Crippen LogP contribution >= 0.6 is 0 Å². The number of hydrogen-bond acceptors (Lipinski definition) is 2. The first kappa shape index (κ1) is 19.4. The van der Waals surface area contributed by atoms with Gasteiger partial charge in [0, 0.05) is 0 Å². The lowest BCUT2D eigenvalue weighted by Gasteiger charge is -2.42. The summed E-state index contributed by atoms with van der Waals surface area (Å²) < 4.78 is 0. The molecule has 2 N–H and O–H groups in total. The predicted molar refractivity (Wildman–Crippen MR) is 108 cm³/mol. The first-order chi connectivity index (χ1) is 12.5. The van der Waals surface area contributed by atoms with Crippen LogP contribution in [0.1, 0.15) is 73.1 Å². The lowest BCUT2D eigenvalue weighted by molar-refractivity contribution is 0.0696. The summed E-state index contributed by atoms with van der Waals surface area (Å²) in [5.41, 5.74) is 2.92. The molecular formula is C24H28O3. The molecule has 0 aliphatic heterocycles. The maximum Gasteiger partial charge on any atom is 0.335 e. The van der Waals surface area contributed by atoms with E-state index in [1.165, 1.54) is 29.3 Å². The van der Waals surface area contributed by atoms with Crippen molar-refractivity contribution in [2.24, 2.45) is 0 Å². The first-order valence-electron chi connectivity index (χ1n) is 9.36. The van der Waals surface area contributed by atoms with Crippen LogP contribution in [0.25, 0.3) is 0 Å². The van der Waals surface area contributed by atoms with E-state index in [4.69, 9.17) is 5.11 Å². The quantitative estimate of drug-likeness (QED) is 0.737. The van der Waals surface area contributed by atoms with Gasteiger partial charge in [0.05, 0.1) is 5.56 Å². The van der Waals surface area contributed by atoms with Gasteiger partial charge in [-0.3, -0.25) is 0 Å². The van der Waals surface area contributed by atoms with Gasteiger partial charge in [0.25, 0.3) is 0 Å². The van der Waals surface area contributed by atoms with E-state index in [0.29, 0.717) is 5.56 Å². The third-order valence-corrected chi connectivity index (χ3v) is 6.16. The second-order valence-corrected chi connectivity index (χ2v) is 8.88. The van der Waals surface area contributed by atoms with Crippen LogP contribution < -0.4 is 0 Å². The van der Waals surface area contributed by atoms with Gasteiger partial charge in [0.1, 0.15) is 5.60 Å². The van der Waals surface area contributed by atoms with Crippen LogP contribution in [0.4, 0.5) is 0 Å². The van der Waals surface area contributed by atoms with E-state index in [-0.39, 0.29) is 16.4 Å². The summed E-state index contributed by atoms with van der Waals surface area (Å²) in [6, 6.07) is 12.5. The van der Waals surface area contributed by atoms with Gasteiger partial charge in [0.15, 0.2) is 0 Å². The van der Waals surface area contributed by atoms with Crippen molar-refractivity contribution in [2.75, 3.05) is 0 Å². The Hall–Kier alpha value is -2.39. The molecule has 0 spiro atoms. The summed E-state index contributed by atoms with van der Waals surface area (Å²) in [4.78, 5) is 11.1. The first-order valence-corrected chi connectivity index (χ1v) is 9.36. The van der Waals surface area contributed by atoms with Gasteiger partial charge in [-0.2, -0.15) is 0 Å². The number of carboxylic acid groups (broad SMARTS) is 1. The Morgan fingerprint density at radius 2 is 1.48 bits per heavy atom. The lowest BCUT2D eigenvalue weighted by atomic mass is 9.62. The number of hydrogen-bond donors (Lipinski definition) is 2. The van der Waals surface area contributed by atoms with Gasteiger partial charge < -0.3 is 10.2 Å². The molecule has 2 aromatic carbocycles. The van der Waals surface area contributed by atoms with Crippen LogP contribution in [-0.2, 0) is 16.4 Å². The Bertz CT molecular complexity index is 890. The van der Waals surface area contributed by atoms with Crippen molar-refractivity contribution < 1.29 is 15.0 Å². The SMILES string of the molecule is C=CC(O)(c1ccc(C(=O)O)cc1)c1ccc2c(c1)C(C)(C)CCC2(C)C. The van der Waals surface area contributed by atoms with Crippen molar-refractivity contribution in [1.82, 2.24) is 0 Å². The third kappa shape index (κ3) is 3.21. The molecule has 1 unspecified atom stereocenters. The molecule has 0 fully saturated rings. The minimum atomic E-state index is -1.37. The minimum Gasteiger partial charge on any atom is -0.478 e. The van der Waals surface area contributed by atoms with Crippen molar-refractivity contribution in [3.63, 3.8) is 0 Å². The molecular weight excluding hydrogens is 336 g/mol. The molecule has 0 heterocycles. The number of fused-ring (bicyclic) bond motifs is 1. The van der Waals surface area contributed by atoms with Crippen LogP contribution in [0.3, 0.4) is 0 Å². The smallest absolute Gasteiger partial charge is 0.335 e. The van der Waals surface area contributed by atoms with E-state index in [1.54, 1.807) is 12.1 Å². The zero-order valence-electron chi connectivity index (χ0n) is 16.5. The van der Waals surface area contributed by atoms with Crippen molar-refractivity contribution in [3.05, 3.63) is 82.9 Å². The number of carboxylic acids is 1. The molecule has 27 heavy (non-hydrogen) atoms. The molecule has 3 rings (SSSR count). The van der Waals surface area contributed by atoms with E-state index in [2.05, 4.69) is 46.4 Å². The maximum absolute atomic E-state index is 11.4. The van der Waals surface area contributed by atoms with E-state index < -0.39 is 11.6 Å². The number of carbonyl (C=O) groups is 1. The fraction of sp³-hybridized carbons (Fsp3) is 0.375. The average molecular weight is 364 g/mol. The minimum absolute atomic E-state index is 0.0378. The Labute approximate surface area is 161 Å². The van der Waals surface area contributed by atoms with Crippen LogP contribution in [0.2, 0.25) is 0 Å². The normalized spacial score (nSPS) is 19.6. The Morgan fingerprint density at radius 3 is 2.00 bits per heavy atom. The van der Waals surface area contributed by atoms with E-state index >= 15 is 0 Å².